The molecule has 0 saturated heterocycles. The van der Waals surface area contributed by atoms with Crippen molar-refractivity contribution in [1.29, 1.82) is 0 Å². The zero-order valence-electron chi connectivity index (χ0n) is 2.02. The van der Waals surface area contributed by atoms with E-state index in [0.29, 0.717) is 0 Å². The van der Waals surface area contributed by atoms with Gasteiger partial charge in [-0.05, 0) is 0 Å². The van der Waals surface area contributed by atoms with Gasteiger partial charge in [0, 0.05) is 0 Å². The Balaban J connectivity index is -0.00000000500. The van der Waals surface area contributed by atoms with E-state index in [-0.39, 0.29) is 33.0 Å². The van der Waals surface area contributed by atoms with E-state index in [0.717, 1.165) is 23.7 Å². The normalized spacial score (nSPS) is 1.00. The molecule has 18 valence electrons. The number of hydrogen-bond donors (Lipinski definition) is 0. The van der Waals surface area contributed by atoms with Gasteiger partial charge < -0.3 is 13.5 Å². The van der Waals surface area contributed by atoms with E-state index in [1.807, 2.05) is 0 Å². The van der Waals surface area contributed by atoms with Crippen LogP contribution in [0.2, 0.25) is 0 Å². The molecule has 4 heavy (non-hydrogen) atoms. The molecule has 0 nitrogen and oxygen atoms in total. The molecule has 4 heteroatoms. The summed E-state index contributed by atoms with van der Waals surface area (Å²) >= 11 is 0.889. The first-order valence-electron chi connectivity index (χ1n) is 0.204. The van der Waals surface area contributed by atoms with E-state index in [9.17, 15) is 0 Å². The SMILES string of the molecule is [S-2].[S]=[Pb].[Zn+2]. The van der Waals surface area contributed by atoms with Crippen LogP contribution in [0.3, 0.4) is 0 Å². The summed E-state index contributed by atoms with van der Waals surface area (Å²) in [6, 6.07) is 0. The van der Waals surface area contributed by atoms with Crippen molar-refractivity contribution in [3.63, 3.8) is 0 Å². The topological polar surface area (TPSA) is 0 Å². The molecule has 0 aromatic carbocycles. The molecule has 2 radical (unpaired) electrons. The third kappa shape index (κ3) is 8.93. The zero-order chi connectivity index (χ0) is 2.00. The molecular formula is PbS2Zn. The van der Waals surface area contributed by atoms with E-state index in [1.165, 1.54) is 0 Å². The largest absolute Gasteiger partial charge is 2.00 e. The summed E-state index contributed by atoms with van der Waals surface area (Å²) in [5, 5.41) is 0. The molecule has 0 unspecified atom stereocenters. The van der Waals surface area contributed by atoms with Crippen LogP contribution in [0.4, 0.5) is 0 Å². The van der Waals surface area contributed by atoms with Crippen LogP contribution in [0.1, 0.15) is 0 Å². The Kier molecular flexibility index (Phi) is 79.8. The van der Waals surface area contributed by atoms with Crippen molar-refractivity contribution in [2.45, 2.75) is 0 Å². The first-order chi connectivity index (χ1) is 1.00. The standard InChI is InChI=1S/Pb.2S.Zn/q;;-2;+2. The van der Waals surface area contributed by atoms with Crippen molar-refractivity contribution in [2.75, 3.05) is 0 Å². The van der Waals surface area contributed by atoms with Crippen molar-refractivity contribution in [2.24, 2.45) is 0 Å². The van der Waals surface area contributed by atoms with Gasteiger partial charge in [0.15, 0.2) is 0 Å². The van der Waals surface area contributed by atoms with Crippen molar-refractivity contribution in [1.82, 2.24) is 0 Å². The third-order valence-corrected chi connectivity index (χ3v) is 0. The molecule has 0 saturated carbocycles. The Morgan fingerprint density at radius 1 is 1.25 bits per heavy atom. The second kappa shape index (κ2) is 19.4. The molecule has 0 rings (SSSR count). The van der Waals surface area contributed by atoms with Crippen LogP contribution >= 0.6 is 8.65 Å². The van der Waals surface area contributed by atoms with Gasteiger partial charge in [0.2, 0.25) is 0 Å². The summed E-state index contributed by atoms with van der Waals surface area (Å²) in [6.45, 7) is 0. The first-order valence-corrected chi connectivity index (χ1v) is 5.37. The minimum Gasteiger partial charge on any atom is 2.00 e. The van der Waals surface area contributed by atoms with E-state index < -0.39 is 0 Å². The summed E-state index contributed by atoms with van der Waals surface area (Å²) in [4.78, 5) is 0. The Labute approximate surface area is 64.5 Å². The molecular weight excluding hydrogens is 337 g/mol. The zero-order valence-corrected chi connectivity index (χ0v) is 10.5. The van der Waals surface area contributed by atoms with Gasteiger partial charge in [-0.2, -0.15) is 0 Å². The van der Waals surface area contributed by atoms with Crippen molar-refractivity contribution < 1.29 is 19.5 Å². The quantitative estimate of drug-likeness (QED) is 0.572. The average Bonchev–Trinajstić information content (AvgIpc) is 1.00. The van der Waals surface area contributed by atoms with Gasteiger partial charge in [0.05, 0.1) is 0 Å². The summed E-state index contributed by atoms with van der Waals surface area (Å²) in [7, 11) is 4.22. The molecule has 0 aromatic heterocycles. The maximum atomic E-state index is 4.22. The van der Waals surface area contributed by atoms with Gasteiger partial charge in [-0.1, -0.05) is 0 Å². The molecule has 0 aliphatic rings. The number of rotatable bonds is 0. The molecule has 0 atom stereocenters. The monoisotopic (exact) mass is 336 g/mol. The molecule has 0 amide bonds. The first kappa shape index (κ1) is 16.5. The summed E-state index contributed by atoms with van der Waals surface area (Å²) in [5.74, 6) is 0. The number of hydrogen-bond acceptors (Lipinski definition) is 1. The predicted octanol–water partition coefficient (Wildman–Crippen LogP) is 0.263. The molecule has 0 aliphatic heterocycles. The van der Waals surface area contributed by atoms with Gasteiger partial charge in [0.25, 0.3) is 0 Å². The Bertz CT molecular complexity index is 6.00. The fraction of sp³-hybridized carbons (Fsp3) is 0. The smallest absolute Gasteiger partial charge is 2.00 e. The molecule has 0 fully saturated rings. The Morgan fingerprint density at radius 2 is 1.25 bits per heavy atom. The summed E-state index contributed by atoms with van der Waals surface area (Å²) in [6.07, 6.45) is 0. The molecule has 0 bridgehead atoms. The third-order valence-electron chi connectivity index (χ3n) is 0. The fourth-order valence-corrected chi connectivity index (χ4v) is 0. The van der Waals surface area contributed by atoms with Crippen LogP contribution in [0, 0.1) is 0 Å². The van der Waals surface area contributed by atoms with E-state index >= 15 is 0 Å². The predicted molar refractivity (Wildman–Crippen MR) is 20.7 cm³/mol. The van der Waals surface area contributed by atoms with Crippen LogP contribution in [-0.2, 0) is 33.0 Å². The Hall–Kier alpha value is 2.12. The Morgan fingerprint density at radius 3 is 1.25 bits per heavy atom. The summed E-state index contributed by atoms with van der Waals surface area (Å²) < 4.78 is 0. The molecule has 0 heterocycles. The molecule has 0 aliphatic carbocycles. The van der Waals surface area contributed by atoms with Gasteiger partial charge in [-0.3, -0.25) is 0 Å². The second-order valence-corrected chi connectivity index (χ2v) is 0. The maximum absolute atomic E-state index is 4.22. The minimum atomic E-state index is 0. The second-order valence-electron chi connectivity index (χ2n) is 0. The van der Waals surface area contributed by atoms with E-state index in [1.54, 1.807) is 0 Å². The van der Waals surface area contributed by atoms with Crippen LogP contribution in [0.25, 0.3) is 0 Å². The van der Waals surface area contributed by atoms with Crippen LogP contribution < -0.4 is 0 Å². The average molecular weight is 337 g/mol. The van der Waals surface area contributed by atoms with Crippen molar-refractivity contribution in [3.05, 3.63) is 0 Å². The van der Waals surface area contributed by atoms with Crippen LogP contribution in [0.15, 0.2) is 0 Å². The molecule has 0 spiro atoms. The van der Waals surface area contributed by atoms with Crippen LogP contribution in [0.5, 0.6) is 0 Å². The summed E-state index contributed by atoms with van der Waals surface area (Å²) in [5.41, 5.74) is 0. The van der Waals surface area contributed by atoms with Gasteiger partial charge >= 0.3 is 51.8 Å². The van der Waals surface area contributed by atoms with Crippen LogP contribution in [-0.4, -0.2) is 23.7 Å². The van der Waals surface area contributed by atoms with E-state index in [4.69, 9.17) is 0 Å². The van der Waals surface area contributed by atoms with Gasteiger partial charge in [0.1, 0.15) is 0 Å². The molecule has 0 aromatic rings. The maximum Gasteiger partial charge on any atom is 2.00 e. The van der Waals surface area contributed by atoms with Gasteiger partial charge in [-0.25, -0.2) is 0 Å². The minimum absolute atomic E-state index is 0. The van der Waals surface area contributed by atoms with E-state index in [2.05, 4.69) is 8.65 Å². The molecule has 0 N–H and O–H groups in total. The van der Waals surface area contributed by atoms with Crippen molar-refractivity contribution in [3.8, 4) is 0 Å². The van der Waals surface area contributed by atoms with Gasteiger partial charge in [-0.15, -0.1) is 0 Å². The van der Waals surface area contributed by atoms with Crippen molar-refractivity contribution >= 4 is 45.8 Å². The fourth-order valence-electron chi connectivity index (χ4n) is 0.